The Morgan fingerprint density at radius 3 is 2.78 bits per heavy atom. The van der Waals surface area contributed by atoms with Gasteiger partial charge in [-0.15, -0.1) is 5.10 Å². The van der Waals surface area contributed by atoms with E-state index in [0.717, 1.165) is 27.6 Å². The molecule has 0 aliphatic carbocycles. The number of aromatic nitrogens is 2. The van der Waals surface area contributed by atoms with E-state index in [1.807, 2.05) is 36.4 Å². The van der Waals surface area contributed by atoms with E-state index in [1.54, 1.807) is 14.2 Å². The van der Waals surface area contributed by atoms with Gasteiger partial charge in [0.1, 0.15) is 17.4 Å². The smallest absolute Gasteiger partial charge is 0.244 e. The molecule has 0 fully saturated rings. The molecule has 0 bridgehead atoms. The summed E-state index contributed by atoms with van der Waals surface area (Å²) >= 11 is 0. The summed E-state index contributed by atoms with van der Waals surface area (Å²) in [5.41, 5.74) is 8.68. The number of nitrogens with one attached hydrogen (secondary N) is 1. The summed E-state index contributed by atoms with van der Waals surface area (Å²) in [7, 11) is 3.21. The van der Waals surface area contributed by atoms with Crippen molar-refractivity contribution in [1.82, 2.24) is 10.2 Å². The van der Waals surface area contributed by atoms with Crippen molar-refractivity contribution in [2.24, 2.45) is 5.73 Å². The third-order valence-corrected chi connectivity index (χ3v) is 4.75. The van der Waals surface area contributed by atoms with Crippen molar-refractivity contribution < 1.29 is 14.2 Å². The molecule has 1 atom stereocenters. The second-order valence-electron chi connectivity index (χ2n) is 6.18. The molecule has 1 aliphatic heterocycles. The van der Waals surface area contributed by atoms with Gasteiger partial charge in [-0.1, -0.05) is 30.3 Å². The average Bonchev–Trinajstić information content (AvgIpc) is 3.08. The van der Waals surface area contributed by atoms with Crippen molar-refractivity contribution in [1.29, 1.82) is 5.26 Å². The summed E-state index contributed by atoms with van der Waals surface area (Å²) in [4.78, 5) is 0. The average molecular weight is 362 g/mol. The highest BCUT2D eigenvalue weighted by Gasteiger charge is 2.37. The zero-order valence-electron chi connectivity index (χ0n) is 14.9. The minimum Gasteiger partial charge on any atom is -0.496 e. The fourth-order valence-electron chi connectivity index (χ4n) is 3.60. The van der Waals surface area contributed by atoms with E-state index in [4.69, 9.17) is 19.9 Å². The number of ether oxygens (including phenoxy) is 3. The van der Waals surface area contributed by atoms with E-state index in [9.17, 15) is 5.26 Å². The summed E-state index contributed by atoms with van der Waals surface area (Å²) in [5, 5.41) is 19.0. The van der Waals surface area contributed by atoms with Crippen LogP contribution in [-0.2, 0) is 11.3 Å². The van der Waals surface area contributed by atoms with E-state index < -0.39 is 5.92 Å². The Hall–Kier alpha value is -3.50. The lowest BCUT2D eigenvalue weighted by atomic mass is 9.81. The third kappa shape index (κ3) is 2.58. The number of rotatable bonds is 4. The molecule has 0 unspecified atom stereocenters. The molecule has 1 aromatic heterocycles. The van der Waals surface area contributed by atoms with Crippen molar-refractivity contribution in [2.75, 3.05) is 14.2 Å². The van der Waals surface area contributed by atoms with Gasteiger partial charge in [0.05, 0.1) is 30.9 Å². The highest BCUT2D eigenvalue weighted by molar-refractivity contribution is 5.90. The minimum atomic E-state index is -0.483. The SMILES string of the molecule is COCc1[nH]nc2c1[C@H](c1c(OC)ccc3ccccc13)C(C#N)=C(N)O2. The summed E-state index contributed by atoms with van der Waals surface area (Å²) in [6.07, 6.45) is 0. The van der Waals surface area contributed by atoms with Crippen LogP contribution in [0.3, 0.4) is 0 Å². The predicted octanol–water partition coefficient (Wildman–Crippen LogP) is 2.94. The number of hydrogen-bond acceptors (Lipinski definition) is 6. The van der Waals surface area contributed by atoms with Crippen LogP contribution in [-0.4, -0.2) is 24.4 Å². The Bertz CT molecular complexity index is 1090. The van der Waals surface area contributed by atoms with Gasteiger partial charge in [-0.25, -0.2) is 0 Å². The summed E-state index contributed by atoms with van der Waals surface area (Å²) in [5.74, 6) is 0.569. The molecule has 0 radical (unpaired) electrons. The topological polar surface area (TPSA) is 106 Å². The standard InChI is InChI=1S/C20H18N4O3/c1-25-10-14-18-17(13(9-21)19(22)27-20(18)24-23-14)16-12-6-4-3-5-11(12)7-8-15(16)26-2/h3-8,17H,10,22H2,1-2H3,(H,23,24)/t17-/m0/s1. The number of allylic oxidation sites excluding steroid dienone is 1. The number of nitrogens with zero attached hydrogens (tertiary/aromatic N) is 2. The highest BCUT2D eigenvalue weighted by Crippen LogP contribution is 2.48. The first-order valence-corrected chi connectivity index (χ1v) is 8.38. The molecule has 7 heteroatoms. The first-order chi connectivity index (χ1) is 13.2. The number of hydrogen-bond donors (Lipinski definition) is 2. The van der Waals surface area contributed by atoms with Crippen LogP contribution in [0.5, 0.6) is 11.6 Å². The lowest BCUT2D eigenvalue weighted by Gasteiger charge is -2.26. The van der Waals surface area contributed by atoms with E-state index >= 15 is 0 Å². The van der Waals surface area contributed by atoms with Crippen molar-refractivity contribution in [3.05, 3.63) is 64.7 Å². The van der Waals surface area contributed by atoms with Gasteiger partial charge >= 0.3 is 0 Å². The largest absolute Gasteiger partial charge is 0.496 e. The Labute approximate surface area is 155 Å². The van der Waals surface area contributed by atoms with Gasteiger partial charge in [-0.2, -0.15) is 5.26 Å². The van der Waals surface area contributed by atoms with Gasteiger partial charge in [0, 0.05) is 12.7 Å². The van der Waals surface area contributed by atoms with Crippen LogP contribution in [0.1, 0.15) is 22.7 Å². The summed E-state index contributed by atoms with van der Waals surface area (Å²) in [6, 6.07) is 14.0. The molecule has 3 aromatic rings. The number of methoxy groups -OCH3 is 2. The number of H-pyrrole nitrogens is 1. The lowest BCUT2D eigenvalue weighted by molar-refractivity contribution is 0.180. The van der Waals surface area contributed by atoms with E-state index in [-0.39, 0.29) is 5.88 Å². The van der Waals surface area contributed by atoms with Crippen molar-refractivity contribution in [2.45, 2.75) is 12.5 Å². The second-order valence-corrected chi connectivity index (χ2v) is 6.18. The molecule has 2 heterocycles. The Balaban J connectivity index is 2.08. The van der Waals surface area contributed by atoms with Crippen molar-refractivity contribution in [3.63, 3.8) is 0 Å². The normalized spacial score (nSPS) is 16.0. The zero-order chi connectivity index (χ0) is 19.0. The van der Waals surface area contributed by atoms with Crippen LogP contribution in [0.15, 0.2) is 47.9 Å². The molecule has 0 amide bonds. The number of nitrogens with two attached hydrogens (primary N) is 1. The summed E-state index contributed by atoms with van der Waals surface area (Å²) < 4.78 is 16.5. The fraction of sp³-hybridized carbons (Fsp3) is 0.200. The maximum atomic E-state index is 9.84. The van der Waals surface area contributed by atoms with Gasteiger partial charge in [-0.05, 0) is 16.8 Å². The van der Waals surface area contributed by atoms with Gasteiger partial charge in [0.15, 0.2) is 0 Å². The number of fused-ring (bicyclic) bond motifs is 2. The number of aromatic amines is 1. The van der Waals surface area contributed by atoms with Crippen LogP contribution in [0, 0.1) is 11.3 Å². The van der Waals surface area contributed by atoms with E-state index in [1.165, 1.54) is 0 Å². The summed E-state index contributed by atoms with van der Waals surface area (Å²) in [6.45, 7) is 0.299. The number of nitriles is 1. The van der Waals surface area contributed by atoms with Crippen molar-refractivity contribution >= 4 is 10.8 Å². The van der Waals surface area contributed by atoms with Crippen molar-refractivity contribution in [3.8, 4) is 17.7 Å². The molecule has 0 saturated carbocycles. The van der Waals surface area contributed by atoms with Gasteiger partial charge < -0.3 is 19.9 Å². The molecule has 0 saturated heterocycles. The number of benzene rings is 2. The van der Waals surface area contributed by atoms with Crippen LogP contribution >= 0.6 is 0 Å². The Morgan fingerprint density at radius 2 is 2.04 bits per heavy atom. The van der Waals surface area contributed by atoms with Gasteiger partial charge in [-0.3, -0.25) is 5.10 Å². The molecule has 3 N–H and O–H groups in total. The molecule has 4 rings (SSSR count). The molecular formula is C20H18N4O3. The maximum Gasteiger partial charge on any atom is 0.244 e. The fourth-order valence-corrected chi connectivity index (χ4v) is 3.60. The Kier molecular flexibility index (Phi) is 4.18. The van der Waals surface area contributed by atoms with Crippen LogP contribution in [0.25, 0.3) is 10.8 Å². The molecule has 27 heavy (non-hydrogen) atoms. The predicted molar refractivity (Wildman–Crippen MR) is 99.1 cm³/mol. The maximum absolute atomic E-state index is 9.84. The molecule has 1 aliphatic rings. The lowest BCUT2D eigenvalue weighted by Crippen LogP contribution is -2.22. The quantitative estimate of drug-likeness (QED) is 0.739. The first kappa shape index (κ1) is 16.9. The monoisotopic (exact) mass is 362 g/mol. The molecule has 136 valence electrons. The minimum absolute atomic E-state index is 0.0421. The third-order valence-electron chi connectivity index (χ3n) is 4.75. The van der Waals surface area contributed by atoms with Crippen LogP contribution < -0.4 is 15.2 Å². The van der Waals surface area contributed by atoms with Crippen LogP contribution in [0.2, 0.25) is 0 Å². The van der Waals surface area contributed by atoms with E-state index in [0.29, 0.717) is 23.8 Å². The molecule has 0 spiro atoms. The molecule has 7 nitrogen and oxygen atoms in total. The Morgan fingerprint density at radius 1 is 1.22 bits per heavy atom. The molecule has 2 aromatic carbocycles. The highest BCUT2D eigenvalue weighted by atomic mass is 16.5. The van der Waals surface area contributed by atoms with Crippen LogP contribution in [0.4, 0.5) is 0 Å². The first-order valence-electron chi connectivity index (χ1n) is 8.38. The van der Waals surface area contributed by atoms with Gasteiger partial charge in [0.25, 0.3) is 0 Å². The second kappa shape index (κ2) is 6.67. The molecular weight excluding hydrogens is 344 g/mol. The van der Waals surface area contributed by atoms with E-state index in [2.05, 4.69) is 16.3 Å². The zero-order valence-corrected chi connectivity index (χ0v) is 14.9. The van der Waals surface area contributed by atoms with Gasteiger partial charge in [0.2, 0.25) is 11.8 Å².